The fourth-order valence-electron chi connectivity index (χ4n) is 2.12. The summed E-state index contributed by atoms with van der Waals surface area (Å²) in [6, 6.07) is 7.55. The number of rotatable bonds is 5. The minimum absolute atomic E-state index is 0.0387. The van der Waals surface area contributed by atoms with Gasteiger partial charge in [-0.2, -0.15) is 0 Å². The molecule has 7 heteroatoms. The lowest BCUT2D eigenvalue weighted by molar-refractivity contribution is -0.116. The number of nitrogens with one attached hydrogen (secondary N) is 1. The Bertz CT molecular complexity index is 717. The summed E-state index contributed by atoms with van der Waals surface area (Å²) in [7, 11) is 1.52. The molecule has 0 saturated carbocycles. The lowest BCUT2D eigenvalue weighted by Gasteiger charge is -2.17. The zero-order valence-corrected chi connectivity index (χ0v) is 13.1. The van der Waals surface area contributed by atoms with Crippen LogP contribution in [-0.2, 0) is 11.2 Å². The zero-order valence-electron chi connectivity index (χ0n) is 13.1. The molecule has 0 saturated heterocycles. The molecule has 0 unspecified atom stereocenters. The molecular weight excluding hydrogens is 294 g/mol. The van der Waals surface area contributed by atoms with Gasteiger partial charge >= 0.3 is 0 Å². The molecule has 1 aromatic carbocycles. The molecule has 3 N–H and O–H groups in total. The average molecular weight is 313 g/mol. The van der Waals surface area contributed by atoms with Crippen molar-refractivity contribution in [1.29, 1.82) is 0 Å². The molecule has 0 aliphatic carbocycles. The Hall–Kier alpha value is -2.96. The molecule has 2 amide bonds. The Kier molecular flexibility index (Phi) is 5.24. The van der Waals surface area contributed by atoms with E-state index in [1.807, 2.05) is 31.2 Å². The molecule has 2 aromatic rings. The Morgan fingerprint density at radius 1 is 1.22 bits per heavy atom. The predicted molar refractivity (Wildman–Crippen MR) is 87.9 cm³/mol. The normalized spacial score (nSPS) is 10.2. The molecule has 1 aromatic heterocycles. The van der Waals surface area contributed by atoms with Crippen LogP contribution in [0.5, 0.6) is 0 Å². The van der Waals surface area contributed by atoms with Gasteiger partial charge in [-0.15, -0.1) is 0 Å². The second-order valence-electron chi connectivity index (χ2n) is 5.01. The zero-order chi connectivity index (χ0) is 16.8. The number of hydrogen-bond donors (Lipinski definition) is 2. The monoisotopic (exact) mass is 313 g/mol. The first-order valence-corrected chi connectivity index (χ1v) is 7.22. The summed E-state index contributed by atoms with van der Waals surface area (Å²) in [5.74, 6) is -0.695. The number of nitrogen functional groups attached to an aromatic ring is 1. The molecule has 7 nitrogen and oxygen atoms in total. The molecule has 0 spiro atoms. The summed E-state index contributed by atoms with van der Waals surface area (Å²) in [6.45, 7) is 1.91. The van der Waals surface area contributed by atoms with Crippen molar-refractivity contribution in [2.45, 2.75) is 13.3 Å². The second kappa shape index (κ2) is 7.35. The highest BCUT2D eigenvalue weighted by Gasteiger charge is 2.19. The van der Waals surface area contributed by atoms with Crippen molar-refractivity contribution in [2.24, 2.45) is 0 Å². The summed E-state index contributed by atoms with van der Waals surface area (Å²) in [4.78, 5) is 33.4. The van der Waals surface area contributed by atoms with Gasteiger partial charge in [0.25, 0.3) is 5.91 Å². The molecule has 0 radical (unpaired) electrons. The van der Waals surface area contributed by atoms with Crippen molar-refractivity contribution in [1.82, 2.24) is 14.9 Å². The van der Waals surface area contributed by atoms with Gasteiger partial charge in [-0.3, -0.25) is 9.59 Å². The Balaban J connectivity index is 2.02. The van der Waals surface area contributed by atoms with Crippen molar-refractivity contribution in [3.05, 3.63) is 47.9 Å². The third-order valence-electron chi connectivity index (χ3n) is 3.33. The van der Waals surface area contributed by atoms with Gasteiger partial charge in [0.05, 0.1) is 6.54 Å². The van der Waals surface area contributed by atoms with Crippen LogP contribution < -0.4 is 11.1 Å². The summed E-state index contributed by atoms with van der Waals surface area (Å²) < 4.78 is 0. The van der Waals surface area contributed by atoms with Gasteiger partial charge in [-0.1, -0.05) is 25.1 Å². The van der Waals surface area contributed by atoms with Crippen molar-refractivity contribution < 1.29 is 9.59 Å². The van der Waals surface area contributed by atoms with E-state index in [2.05, 4.69) is 15.3 Å². The Labute approximate surface area is 134 Å². The minimum atomic E-state index is -0.450. The van der Waals surface area contributed by atoms with Gasteiger partial charge in [0.1, 0.15) is 0 Å². The first kappa shape index (κ1) is 16.4. The maximum atomic E-state index is 12.2. The maximum Gasteiger partial charge on any atom is 0.276 e. The van der Waals surface area contributed by atoms with Crippen LogP contribution in [-0.4, -0.2) is 40.3 Å². The van der Waals surface area contributed by atoms with Crippen LogP contribution in [0.3, 0.4) is 0 Å². The molecule has 0 fully saturated rings. The smallest absolute Gasteiger partial charge is 0.276 e. The first-order chi connectivity index (χ1) is 11.0. The highest BCUT2D eigenvalue weighted by molar-refractivity contribution is 6.00. The standard InChI is InChI=1S/C16H19N5O2/c1-3-11-6-4-5-7-12(11)20-13(22)10-21(2)16(23)14-15(17)19-9-8-18-14/h4-9H,3,10H2,1-2H3,(H2,17,19)(H,20,22). The van der Waals surface area contributed by atoms with Crippen LogP contribution in [0.15, 0.2) is 36.7 Å². The molecule has 2 rings (SSSR count). The summed E-state index contributed by atoms with van der Waals surface area (Å²) >= 11 is 0. The van der Waals surface area contributed by atoms with Crippen LogP contribution in [0.4, 0.5) is 11.5 Å². The lowest BCUT2D eigenvalue weighted by Crippen LogP contribution is -2.36. The highest BCUT2D eigenvalue weighted by atomic mass is 16.2. The van der Waals surface area contributed by atoms with E-state index in [0.29, 0.717) is 0 Å². The van der Waals surface area contributed by atoms with E-state index in [-0.39, 0.29) is 24.0 Å². The van der Waals surface area contributed by atoms with Crippen LogP contribution >= 0.6 is 0 Å². The van der Waals surface area contributed by atoms with Gasteiger partial charge < -0.3 is 16.0 Å². The fourth-order valence-corrected chi connectivity index (χ4v) is 2.12. The number of benzene rings is 1. The van der Waals surface area contributed by atoms with Crippen LogP contribution in [0, 0.1) is 0 Å². The summed E-state index contributed by atoms with van der Waals surface area (Å²) in [5.41, 5.74) is 7.45. The molecule has 0 bridgehead atoms. The molecule has 120 valence electrons. The van der Waals surface area contributed by atoms with E-state index in [1.54, 1.807) is 0 Å². The molecular formula is C16H19N5O2. The third kappa shape index (κ3) is 4.03. The number of aromatic nitrogens is 2. The van der Waals surface area contributed by atoms with Gasteiger partial charge in [0, 0.05) is 25.1 Å². The quantitative estimate of drug-likeness (QED) is 0.867. The van der Waals surface area contributed by atoms with Crippen molar-refractivity contribution in [3.63, 3.8) is 0 Å². The SMILES string of the molecule is CCc1ccccc1NC(=O)CN(C)C(=O)c1nccnc1N. The van der Waals surface area contributed by atoms with Gasteiger partial charge in [0.2, 0.25) is 5.91 Å². The average Bonchev–Trinajstić information content (AvgIpc) is 2.55. The first-order valence-electron chi connectivity index (χ1n) is 7.22. The minimum Gasteiger partial charge on any atom is -0.382 e. The Morgan fingerprint density at radius 2 is 1.91 bits per heavy atom. The topological polar surface area (TPSA) is 101 Å². The van der Waals surface area contributed by atoms with Crippen LogP contribution in [0.1, 0.15) is 23.0 Å². The van der Waals surface area contributed by atoms with Crippen LogP contribution in [0.25, 0.3) is 0 Å². The largest absolute Gasteiger partial charge is 0.382 e. The number of nitrogens with zero attached hydrogens (tertiary/aromatic N) is 3. The number of anilines is 2. The second-order valence-corrected chi connectivity index (χ2v) is 5.01. The third-order valence-corrected chi connectivity index (χ3v) is 3.33. The van der Waals surface area contributed by atoms with E-state index in [4.69, 9.17) is 5.73 Å². The van der Waals surface area contributed by atoms with Gasteiger partial charge in [-0.05, 0) is 18.1 Å². The van der Waals surface area contributed by atoms with Gasteiger partial charge in [-0.25, -0.2) is 9.97 Å². The van der Waals surface area contributed by atoms with Crippen molar-refractivity contribution >= 4 is 23.3 Å². The number of nitrogens with two attached hydrogens (primary N) is 1. The molecule has 1 heterocycles. The van der Waals surface area contributed by atoms with E-state index >= 15 is 0 Å². The van der Waals surface area contributed by atoms with E-state index < -0.39 is 5.91 Å². The van der Waals surface area contributed by atoms with Crippen LogP contribution in [0.2, 0.25) is 0 Å². The van der Waals surface area contributed by atoms with E-state index in [1.165, 1.54) is 24.3 Å². The number of carbonyl (C=O) groups is 2. The molecule has 0 atom stereocenters. The summed E-state index contributed by atoms with van der Waals surface area (Å²) in [6.07, 6.45) is 3.59. The highest BCUT2D eigenvalue weighted by Crippen LogP contribution is 2.15. The number of hydrogen-bond acceptors (Lipinski definition) is 5. The number of carbonyl (C=O) groups excluding carboxylic acids is 2. The number of aryl methyl sites for hydroxylation is 1. The van der Waals surface area contributed by atoms with Crippen molar-refractivity contribution in [2.75, 3.05) is 24.6 Å². The number of para-hydroxylation sites is 1. The molecule has 23 heavy (non-hydrogen) atoms. The van der Waals surface area contributed by atoms with Gasteiger partial charge in [0.15, 0.2) is 11.5 Å². The predicted octanol–water partition coefficient (Wildman–Crippen LogP) is 1.33. The number of amides is 2. The molecule has 0 aliphatic rings. The Morgan fingerprint density at radius 3 is 2.61 bits per heavy atom. The van der Waals surface area contributed by atoms with E-state index in [9.17, 15) is 9.59 Å². The lowest BCUT2D eigenvalue weighted by atomic mass is 10.1. The number of likely N-dealkylation sites (N-methyl/N-ethyl adjacent to an activating group) is 1. The fraction of sp³-hybridized carbons (Fsp3) is 0.250. The van der Waals surface area contributed by atoms with Crippen molar-refractivity contribution in [3.8, 4) is 0 Å². The van der Waals surface area contributed by atoms with E-state index in [0.717, 1.165) is 17.7 Å². The maximum absolute atomic E-state index is 12.2. The molecule has 0 aliphatic heterocycles. The summed E-state index contributed by atoms with van der Waals surface area (Å²) in [5, 5.41) is 2.81.